The van der Waals surface area contributed by atoms with E-state index in [9.17, 15) is 4.79 Å². The summed E-state index contributed by atoms with van der Waals surface area (Å²) in [7, 11) is 0. The van der Waals surface area contributed by atoms with Crippen molar-refractivity contribution in [3.63, 3.8) is 0 Å². The molecule has 5 heteroatoms. The maximum atomic E-state index is 11.6. The minimum atomic E-state index is 0.0313. The lowest BCUT2D eigenvalue weighted by molar-refractivity contribution is -0.115. The van der Waals surface area contributed by atoms with Crippen molar-refractivity contribution in [2.24, 2.45) is 5.73 Å². The molecule has 17 heavy (non-hydrogen) atoms. The van der Waals surface area contributed by atoms with E-state index in [2.05, 4.69) is 10.2 Å². The van der Waals surface area contributed by atoms with Crippen molar-refractivity contribution >= 4 is 28.9 Å². The van der Waals surface area contributed by atoms with Crippen molar-refractivity contribution in [2.75, 3.05) is 29.9 Å². The fraction of sp³-hybridized carbons (Fsp3) is 0.417. The summed E-state index contributed by atoms with van der Waals surface area (Å²) in [6.07, 6.45) is 1.41. The maximum absolute atomic E-state index is 11.6. The molecule has 1 amide bonds. The highest BCUT2D eigenvalue weighted by atomic mass is 35.5. The number of halogens is 1. The number of hydrogen-bond acceptors (Lipinski definition) is 3. The van der Waals surface area contributed by atoms with Crippen LogP contribution in [0.5, 0.6) is 0 Å². The third kappa shape index (κ3) is 2.90. The van der Waals surface area contributed by atoms with Gasteiger partial charge in [0, 0.05) is 24.5 Å². The highest BCUT2D eigenvalue weighted by Gasteiger charge is 2.18. The molecule has 2 rings (SSSR count). The average molecular weight is 254 g/mol. The molecule has 0 radical (unpaired) electrons. The number of nitrogens with zero attached hydrogens (tertiary/aromatic N) is 1. The molecule has 0 aliphatic carbocycles. The van der Waals surface area contributed by atoms with Gasteiger partial charge < -0.3 is 16.0 Å². The standard InChI is InChI=1S/C12H16ClN3O/c13-9-2-3-11-10(8-9)15-12(17)4-7-16(11)6-1-5-14/h2-3,8H,1,4-7,14H2,(H,15,17). The van der Waals surface area contributed by atoms with Crippen molar-refractivity contribution in [3.05, 3.63) is 23.2 Å². The summed E-state index contributed by atoms with van der Waals surface area (Å²) in [6.45, 7) is 2.24. The SMILES string of the molecule is NCCCN1CCC(=O)Nc2cc(Cl)ccc21. The summed E-state index contributed by atoms with van der Waals surface area (Å²) in [5.74, 6) is 0.0313. The van der Waals surface area contributed by atoms with Crippen LogP contribution in [0.25, 0.3) is 0 Å². The molecule has 0 unspecified atom stereocenters. The summed E-state index contributed by atoms with van der Waals surface area (Å²) >= 11 is 5.94. The second-order valence-corrected chi connectivity index (χ2v) is 4.53. The number of carbonyl (C=O) groups excluding carboxylic acids is 1. The van der Waals surface area contributed by atoms with Gasteiger partial charge in [0.15, 0.2) is 0 Å². The fourth-order valence-electron chi connectivity index (χ4n) is 1.97. The molecule has 92 valence electrons. The summed E-state index contributed by atoms with van der Waals surface area (Å²) in [5, 5.41) is 3.50. The molecule has 1 aliphatic rings. The number of rotatable bonds is 3. The topological polar surface area (TPSA) is 58.4 Å². The van der Waals surface area contributed by atoms with E-state index in [4.69, 9.17) is 17.3 Å². The minimum absolute atomic E-state index is 0.0313. The van der Waals surface area contributed by atoms with Gasteiger partial charge in [0.1, 0.15) is 0 Å². The van der Waals surface area contributed by atoms with Crippen LogP contribution in [0.15, 0.2) is 18.2 Å². The molecule has 0 spiro atoms. The summed E-state index contributed by atoms with van der Waals surface area (Å²) in [5.41, 5.74) is 7.34. The molecule has 3 N–H and O–H groups in total. The first kappa shape index (κ1) is 12.2. The molecule has 0 bridgehead atoms. The van der Waals surface area contributed by atoms with Crippen molar-refractivity contribution in [3.8, 4) is 0 Å². The van der Waals surface area contributed by atoms with Crippen molar-refractivity contribution in [1.82, 2.24) is 0 Å². The third-order valence-corrected chi connectivity index (χ3v) is 3.05. The quantitative estimate of drug-likeness (QED) is 0.864. The number of benzene rings is 1. The Labute approximate surface area is 106 Å². The zero-order valence-corrected chi connectivity index (χ0v) is 10.3. The van der Waals surface area contributed by atoms with Gasteiger partial charge in [-0.1, -0.05) is 11.6 Å². The Morgan fingerprint density at radius 2 is 2.29 bits per heavy atom. The molecular formula is C12H16ClN3O. The van der Waals surface area contributed by atoms with Crippen molar-refractivity contribution in [2.45, 2.75) is 12.8 Å². The second kappa shape index (κ2) is 5.38. The van der Waals surface area contributed by atoms with Crippen molar-refractivity contribution in [1.29, 1.82) is 0 Å². The largest absolute Gasteiger partial charge is 0.369 e. The first-order chi connectivity index (χ1) is 8.20. The molecule has 1 aliphatic heterocycles. The fourth-order valence-corrected chi connectivity index (χ4v) is 2.14. The average Bonchev–Trinajstić information content (AvgIpc) is 2.45. The Morgan fingerprint density at radius 3 is 3.06 bits per heavy atom. The van der Waals surface area contributed by atoms with Crippen molar-refractivity contribution < 1.29 is 4.79 Å². The molecule has 0 saturated carbocycles. The van der Waals surface area contributed by atoms with Gasteiger partial charge in [-0.25, -0.2) is 0 Å². The number of fused-ring (bicyclic) bond motifs is 1. The van der Waals surface area contributed by atoms with E-state index in [1.807, 2.05) is 12.1 Å². The Bertz CT molecular complexity index is 422. The molecular weight excluding hydrogens is 238 g/mol. The molecule has 0 aromatic heterocycles. The lowest BCUT2D eigenvalue weighted by atomic mass is 10.2. The first-order valence-corrected chi connectivity index (χ1v) is 6.13. The lowest BCUT2D eigenvalue weighted by Gasteiger charge is -2.23. The summed E-state index contributed by atoms with van der Waals surface area (Å²) in [6, 6.07) is 5.57. The normalized spacial score (nSPS) is 15.2. The van der Waals surface area contributed by atoms with Crippen LogP contribution in [-0.2, 0) is 4.79 Å². The van der Waals surface area contributed by atoms with E-state index in [1.165, 1.54) is 0 Å². The van der Waals surface area contributed by atoms with Gasteiger partial charge in [-0.3, -0.25) is 4.79 Å². The Kier molecular flexibility index (Phi) is 3.86. The van der Waals surface area contributed by atoms with Gasteiger partial charge in [-0.2, -0.15) is 0 Å². The van der Waals surface area contributed by atoms with E-state index < -0.39 is 0 Å². The van der Waals surface area contributed by atoms with E-state index in [-0.39, 0.29) is 5.91 Å². The summed E-state index contributed by atoms with van der Waals surface area (Å²) < 4.78 is 0. The number of anilines is 2. The van der Waals surface area contributed by atoms with Crippen LogP contribution in [0.3, 0.4) is 0 Å². The van der Waals surface area contributed by atoms with Crippen LogP contribution < -0.4 is 16.0 Å². The number of carbonyl (C=O) groups is 1. The maximum Gasteiger partial charge on any atom is 0.226 e. The van der Waals surface area contributed by atoms with Crippen LogP contribution in [0.1, 0.15) is 12.8 Å². The van der Waals surface area contributed by atoms with E-state index in [1.54, 1.807) is 6.07 Å². The molecule has 0 fully saturated rings. The zero-order chi connectivity index (χ0) is 12.3. The second-order valence-electron chi connectivity index (χ2n) is 4.09. The van der Waals surface area contributed by atoms with Gasteiger partial charge in [0.25, 0.3) is 0 Å². The smallest absolute Gasteiger partial charge is 0.226 e. The Morgan fingerprint density at radius 1 is 1.47 bits per heavy atom. The number of nitrogens with one attached hydrogen (secondary N) is 1. The molecule has 0 saturated heterocycles. The van der Waals surface area contributed by atoms with Gasteiger partial charge in [-0.05, 0) is 31.2 Å². The minimum Gasteiger partial charge on any atom is -0.369 e. The van der Waals surface area contributed by atoms with E-state index >= 15 is 0 Å². The molecule has 4 nitrogen and oxygen atoms in total. The zero-order valence-electron chi connectivity index (χ0n) is 9.58. The predicted molar refractivity (Wildman–Crippen MR) is 70.6 cm³/mol. The van der Waals surface area contributed by atoms with Crippen LogP contribution in [0.4, 0.5) is 11.4 Å². The molecule has 0 atom stereocenters. The summed E-state index contributed by atoms with van der Waals surface area (Å²) in [4.78, 5) is 13.7. The van der Waals surface area contributed by atoms with Gasteiger partial charge in [0.05, 0.1) is 11.4 Å². The monoisotopic (exact) mass is 253 g/mol. The predicted octanol–water partition coefficient (Wildman–Crippen LogP) is 1.84. The molecule has 1 aromatic carbocycles. The molecule has 1 heterocycles. The molecule has 1 aromatic rings. The third-order valence-electron chi connectivity index (χ3n) is 2.81. The van der Waals surface area contributed by atoms with Gasteiger partial charge >= 0.3 is 0 Å². The van der Waals surface area contributed by atoms with E-state index in [0.717, 1.165) is 30.9 Å². The van der Waals surface area contributed by atoms with Crippen LogP contribution in [0.2, 0.25) is 5.02 Å². The lowest BCUT2D eigenvalue weighted by Crippen LogP contribution is -2.27. The number of hydrogen-bond donors (Lipinski definition) is 2. The first-order valence-electron chi connectivity index (χ1n) is 5.75. The Hall–Kier alpha value is -1.26. The van der Waals surface area contributed by atoms with E-state index in [0.29, 0.717) is 18.0 Å². The highest BCUT2D eigenvalue weighted by molar-refractivity contribution is 6.31. The van der Waals surface area contributed by atoms with Gasteiger partial charge in [0.2, 0.25) is 5.91 Å². The van der Waals surface area contributed by atoms with Crippen LogP contribution in [-0.4, -0.2) is 25.5 Å². The van der Waals surface area contributed by atoms with Crippen LogP contribution >= 0.6 is 11.6 Å². The Balaban J connectivity index is 2.29. The number of amides is 1. The highest BCUT2D eigenvalue weighted by Crippen LogP contribution is 2.31. The number of nitrogens with two attached hydrogens (primary N) is 1. The van der Waals surface area contributed by atoms with Crippen LogP contribution in [0, 0.1) is 0 Å². The van der Waals surface area contributed by atoms with Gasteiger partial charge in [-0.15, -0.1) is 0 Å².